The van der Waals surface area contributed by atoms with E-state index in [2.05, 4.69) is 0 Å². The van der Waals surface area contributed by atoms with E-state index in [0.29, 0.717) is 17.2 Å². The number of hydrogen-bond donors (Lipinski definition) is 0. The van der Waals surface area contributed by atoms with E-state index in [-0.39, 0.29) is 17.2 Å². The molecule has 3 aromatic rings. The topological polar surface area (TPSA) is 65.1 Å². The van der Waals surface area contributed by atoms with Crippen LogP contribution in [0.1, 0.15) is 5.56 Å². The van der Waals surface area contributed by atoms with Gasteiger partial charge >= 0.3 is 0 Å². The third kappa shape index (κ3) is 4.88. The zero-order valence-corrected chi connectivity index (χ0v) is 17.3. The number of methoxy groups -OCH3 is 2. The van der Waals surface area contributed by atoms with E-state index in [1.54, 1.807) is 12.1 Å². The highest BCUT2D eigenvalue weighted by atomic mass is 32.2. The minimum absolute atomic E-state index is 0.0542. The highest BCUT2D eigenvalue weighted by Crippen LogP contribution is 2.31. The van der Waals surface area contributed by atoms with E-state index < -0.39 is 10.0 Å². The largest absolute Gasteiger partial charge is 0.497 e. The first-order valence-corrected chi connectivity index (χ1v) is 10.4. The Labute approximate surface area is 171 Å². The van der Waals surface area contributed by atoms with Crippen LogP contribution >= 0.6 is 0 Å². The average molecular weight is 413 g/mol. The molecule has 0 aliphatic carbocycles. The average Bonchev–Trinajstić information content (AvgIpc) is 2.74. The first kappa shape index (κ1) is 20.7. The summed E-state index contributed by atoms with van der Waals surface area (Å²) >= 11 is 0. The van der Waals surface area contributed by atoms with E-state index in [9.17, 15) is 8.42 Å². The summed E-state index contributed by atoms with van der Waals surface area (Å²) in [5, 5.41) is 0. The van der Waals surface area contributed by atoms with Gasteiger partial charge in [0.25, 0.3) is 0 Å². The smallest absolute Gasteiger partial charge is 0.246 e. The third-order valence-corrected chi connectivity index (χ3v) is 6.17. The first-order chi connectivity index (χ1) is 13.9. The van der Waals surface area contributed by atoms with Gasteiger partial charge in [0, 0.05) is 19.7 Å². The van der Waals surface area contributed by atoms with Crippen LogP contribution in [0.5, 0.6) is 23.0 Å². The van der Waals surface area contributed by atoms with Crippen molar-refractivity contribution < 1.29 is 22.6 Å². The van der Waals surface area contributed by atoms with E-state index >= 15 is 0 Å². The van der Waals surface area contributed by atoms with Gasteiger partial charge in [0.15, 0.2) is 0 Å². The van der Waals surface area contributed by atoms with E-state index in [0.717, 1.165) is 5.56 Å². The molecule has 152 valence electrons. The predicted octanol–water partition coefficient (Wildman–Crippen LogP) is 4.32. The van der Waals surface area contributed by atoms with E-state index in [4.69, 9.17) is 14.2 Å². The molecule has 0 spiro atoms. The number of nitrogens with zero attached hydrogens (tertiary/aromatic N) is 1. The Morgan fingerprint density at radius 3 is 2.21 bits per heavy atom. The van der Waals surface area contributed by atoms with Crippen molar-refractivity contribution in [2.75, 3.05) is 21.3 Å². The van der Waals surface area contributed by atoms with Crippen LogP contribution in [0.2, 0.25) is 0 Å². The Hall–Kier alpha value is -3.03. The second-order valence-corrected chi connectivity index (χ2v) is 8.35. The lowest BCUT2D eigenvalue weighted by molar-refractivity contribution is 0.388. The molecule has 0 radical (unpaired) electrons. The van der Waals surface area contributed by atoms with Gasteiger partial charge in [-0.05, 0) is 42.0 Å². The highest BCUT2D eigenvalue weighted by molar-refractivity contribution is 7.89. The molecule has 0 saturated carbocycles. The van der Waals surface area contributed by atoms with Crippen LogP contribution in [-0.4, -0.2) is 34.0 Å². The van der Waals surface area contributed by atoms with Crippen molar-refractivity contribution in [2.45, 2.75) is 11.4 Å². The molecular formula is C22H23NO5S. The summed E-state index contributed by atoms with van der Waals surface area (Å²) in [4.78, 5) is 0.0542. The number of rotatable bonds is 8. The van der Waals surface area contributed by atoms with Gasteiger partial charge in [-0.1, -0.05) is 30.3 Å². The fourth-order valence-electron chi connectivity index (χ4n) is 2.83. The van der Waals surface area contributed by atoms with Crippen LogP contribution in [0.15, 0.2) is 77.7 Å². The molecule has 29 heavy (non-hydrogen) atoms. The molecule has 0 unspecified atom stereocenters. The molecule has 0 aromatic heterocycles. The van der Waals surface area contributed by atoms with Gasteiger partial charge in [-0.2, -0.15) is 4.31 Å². The lowest BCUT2D eigenvalue weighted by atomic mass is 10.2. The van der Waals surface area contributed by atoms with Crippen LogP contribution in [0.3, 0.4) is 0 Å². The predicted molar refractivity (Wildman–Crippen MR) is 111 cm³/mol. The number of benzene rings is 3. The highest BCUT2D eigenvalue weighted by Gasteiger charge is 2.25. The number of sulfonamides is 1. The summed E-state index contributed by atoms with van der Waals surface area (Å²) in [6.45, 7) is 0.175. The van der Waals surface area contributed by atoms with Gasteiger partial charge in [0.2, 0.25) is 10.0 Å². The molecule has 0 bridgehead atoms. The normalized spacial score (nSPS) is 11.3. The summed E-state index contributed by atoms with van der Waals surface area (Å²) in [6, 6.07) is 21.4. The third-order valence-electron chi connectivity index (χ3n) is 4.34. The molecular weight excluding hydrogens is 390 g/mol. The Bertz CT molecular complexity index is 1070. The molecule has 7 heteroatoms. The van der Waals surface area contributed by atoms with Crippen molar-refractivity contribution in [1.29, 1.82) is 0 Å². The van der Waals surface area contributed by atoms with Gasteiger partial charge in [0.05, 0.1) is 14.2 Å². The van der Waals surface area contributed by atoms with Gasteiger partial charge in [-0.3, -0.25) is 0 Å². The Morgan fingerprint density at radius 1 is 0.793 bits per heavy atom. The minimum Gasteiger partial charge on any atom is -0.497 e. The molecule has 0 amide bonds. The van der Waals surface area contributed by atoms with Crippen molar-refractivity contribution >= 4 is 10.0 Å². The molecule has 0 aliphatic rings. The van der Waals surface area contributed by atoms with Crippen LogP contribution in [-0.2, 0) is 16.6 Å². The first-order valence-electron chi connectivity index (χ1n) is 8.94. The summed E-state index contributed by atoms with van der Waals surface area (Å²) in [6.07, 6.45) is 0. The van der Waals surface area contributed by atoms with Crippen molar-refractivity contribution in [3.63, 3.8) is 0 Å². The van der Waals surface area contributed by atoms with Crippen molar-refractivity contribution in [2.24, 2.45) is 0 Å². The lowest BCUT2D eigenvalue weighted by Crippen LogP contribution is -2.27. The summed E-state index contributed by atoms with van der Waals surface area (Å²) in [7, 11) is 0.652. The maximum absolute atomic E-state index is 13.1. The number of para-hydroxylation sites is 1. The molecule has 0 fully saturated rings. The SMILES string of the molecule is COc1ccc(OC)c(S(=O)(=O)N(C)Cc2cccc(Oc3ccccc3)c2)c1. The summed E-state index contributed by atoms with van der Waals surface area (Å²) in [5.41, 5.74) is 0.798. The maximum atomic E-state index is 13.1. The van der Waals surface area contributed by atoms with Crippen molar-refractivity contribution in [3.8, 4) is 23.0 Å². The molecule has 0 atom stereocenters. The monoisotopic (exact) mass is 413 g/mol. The van der Waals surface area contributed by atoms with Crippen LogP contribution in [0.25, 0.3) is 0 Å². The second-order valence-electron chi connectivity index (χ2n) is 6.34. The van der Waals surface area contributed by atoms with Crippen molar-refractivity contribution in [3.05, 3.63) is 78.4 Å². The second kappa shape index (κ2) is 8.98. The van der Waals surface area contributed by atoms with Gasteiger partial charge < -0.3 is 14.2 Å². The zero-order valence-electron chi connectivity index (χ0n) is 16.5. The molecule has 0 aliphatic heterocycles. The lowest BCUT2D eigenvalue weighted by Gasteiger charge is -2.20. The zero-order chi connectivity index (χ0) is 20.9. The van der Waals surface area contributed by atoms with Gasteiger partial charge in [-0.15, -0.1) is 0 Å². The molecule has 6 nitrogen and oxygen atoms in total. The Morgan fingerprint density at radius 2 is 1.52 bits per heavy atom. The Kier molecular flexibility index (Phi) is 6.41. The number of hydrogen-bond acceptors (Lipinski definition) is 5. The molecule has 3 aromatic carbocycles. The van der Waals surface area contributed by atoms with E-state index in [1.807, 2.05) is 54.6 Å². The van der Waals surface area contributed by atoms with Crippen LogP contribution in [0.4, 0.5) is 0 Å². The van der Waals surface area contributed by atoms with Gasteiger partial charge in [0.1, 0.15) is 27.9 Å². The molecule has 0 N–H and O–H groups in total. The van der Waals surface area contributed by atoms with Crippen molar-refractivity contribution in [1.82, 2.24) is 4.31 Å². The fourth-order valence-corrected chi connectivity index (χ4v) is 4.15. The minimum atomic E-state index is -3.80. The maximum Gasteiger partial charge on any atom is 0.246 e. The van der Waals surface area contributed by atoms with Gasteiger partial charge in [-0.25, -0.2) is 8.42 Å². The standard InChI is InChI=1S/C22H23NO5S/c1-23(29(24,25)22-15-19(26-2)12-13-21(22)27-3)16-17-8-7-11-20(14-17)28-18-9-5-4-6-10-18/h4-15H,16H2,1-3H3. The fraction of sp³-hybridized carbons (Fsp3) is 0.182. The Balaban J connectivity index is 1.83. The van der Waals surface area contributed by atoms with E-state index in [1.165, 1.54) is 31.6 Å². The van der Waals surface area contributed by atoms with Crippen LogP contribution < -0.4 is 14.2 Å². The summed E-state index contributed by atoms with van der Waals surface area (Å²) in [5.74, 6) is 2.06. The van der Waals surface area contributed by atoms with Crippen LogP contribution in [0, 0.1) is 0 Å². The quantitative estimate of drug-likeness (QED) is 0.550. The molecule has 3 rings (SSSR count). The number of ether oxygens (including phenoxy) is 3. The summed E-state index contributed by atoms with van der Waals surface area (Å²) < 4.78 is 43.7. The molecule has 0 heterocycles. The molecule has 0 saturated heterocycles.